The molecule has 0 radical (unpaired) electrons. The summed E-state index contributed by atoms with van der Waals surface area (Å²) in [7, 11) is -4.06. The predicted molar refractivity (Wildman–Crippen MR) is 124 cm³/mol. The SMILES string of the molecule is O=C(CN(c1ccc([N+](=O)[O-])cc1)S(=O)(=O)c1ccccc1)NCCSc1ccccc1. The number of anilines is 1. The molecular weight excluding hydrogens is 450 g/mol. The molecule has 3 aromatic carbocycles. The lowest BCUT2D eigenvalue weighted by molar-refractivity contribution is -0.384. The van der Waals surface area contributed by atoms with Gasteiger partial charge in [0.05, 0.1) is 15.5 Å². The third kappa shape index (κ3) is 6.08. The maximum absolute atomic E-state index is 13.2. The highest BCUT2D eigenvalue weighted by Gasteiger charge is 2.27. The van der Waals surface area contributed by atoms with Crippen LogP contribution < -0.4 is 9.62 Å². The third-order valence-corrected chi connectivity index (χ3v) is 7.20. The van der Waals surface area contributed by atoms with E-state index in [-0.39, 0.29) is 16.3 Å². The highest BCUT2D eigenvalue weighted by Crippen LogP contribution is 2.25. The van der Waals surface area contributed by atoms with Crippen LogP contribution in [0.2, 0.25) is 0 Å². The number of carbonyl (C=O) groups excluding carboxylic acids is 1. The van der Waals surface area contributed by atoms with Gasteiger partial charge in [-0.15, -0.1) is 11.8 Å². The van der Waals surface area contributed by atoms with Crippen molar-refractivity contribution in [2.24, 2.45) is 0 Å². The van der Waals surface area contributed by atoms with Crippen molar-refractivity contribution in [1.82, 2.24) is 5.32 Å². The van der Waals surface area contributed by atoms with E-state index < -0.39 is 27.4 Å². The number of nitro groups is 1. The van der Waals surface area contributed by atoms with Crippen molar-refractivity contribution in [2.45, 2.75) is 9.79 Å². The minimum absolute atomic E-state index is 0.0192. The Balaban J connectivity index is 1.73. The van der Waals surface area contributed by atoms with Gasteiger partial charge in [0.2, 0.25) is 5.91 Å². The van der Waals surface area contributed by atoms with E-state index >= 15 is 0 Å². The molecule has 0 aliphatic carbocycles. The van der Waals surface area contributed by atoms with Gasteiger partial charge in [-0.3, -0.25) is 19.2 Å². The molecule has 0 unspecified atom stereocenters. The largest absolute Gasteiger partial charge is 0.354 e. The van der Waals surface area contributed by atoms with Gasteiger partial charge in [0.1, 0.15) is 6.54 Å². The molecule has 32 heavy (non-hydrogen) atoms. The van der Waals surface area contributed by atoms with E-state index in [0.29, 0.717) is 12.3 Å². The molecule has 0 saturated carbocycles. The fourth-order valence-corrected chi connectivity index (χ4v) is 5.07. The maximum Gasteiger partial charge on any atom is 0.269 e. The summed E-state index contributed by atoms with van der Waals surface area (Å²) in [6, 6.07) is 22.5. The number of nitrogens with one attached hydrogen (secondary N) is 1. The van der Waals surface area contributed by atoms with Gasteiger partial charge in [-0.25, -0.2) is 8.42 Å². The van der Waals surface area contributed by atoms with E-state index in [1.54, 1.807) is 30.0 Å². The van der Waals surface area contributed by atoms with E-state index in [1.807, 2.05) is 30.3 Å². The molecular formula is C22H21N3O5S2. The average molecular weight is 472 g/mol. The third-order valence-electron chi connectivity index (χ3n) is 4.40. The molecule has 0 aromatic heterocycles. The molecule has 0 spiro atoms. The molecule has 0 aliphatic rings. The van der Waals surface area contributed by atoms with Crippen LogP contribution in [-0.4, -0.2) is 38.1 Å². The number of nitrogens with zero attached hydrogens (tertiary/aromatic N) is 2. The fraction of sp³-hybridized carbons (Fsp3) is 0.136. The van der Waals surface area contributed by atoms with Crippen LogP contribution in [0, 0.1) is 10.1 Å². The molecule has 3 aromatic rings. The monoisotopic (exact) mass is 471 g/mol. The molecule has 3 rings (SSSR count). The summed E-state index contributed by atoms with van der Waals surface area (Å²) in [6.07, 6.45) is 0. The van der Waals surface area contributed by atoms with E-state index in [0.717, 1.165) is 9.20 Å². The topological polar surface area (TPSA) is 110 Å². The van der Waals surface area contributed by atoms with Crippen LogP contribution in [-0.2, 0) is 14.8 Å². The van der Waals surface area contributed by atoms with Gasteiger partial charge in [0.25, 0.3) is 15.7 Å². The zero-order valence-corrected chi connectivity index (χ0v) is 18.6. The van der Waals surface area contributed by atoms with Crippen LogP contribution in [0.4, 0.5) is 11.4 Å². The van der Waals surface area contributed by atoms with E-state index in [2.05, 4.69) is 5.32 Å². The first-order valence-corrected chi connectivity index (χ1v) is 12.1. The number of benzene rings is 3. The van der Waals surface area contributed by atoms with Crippen LogP contribution in [0.15, 0.2) is 94.7 Å². The lowest BCUT2D eigenvalue weighted by Crippen LogP contribution is -2.41. The van der Waals surface area contributed by atoms with Crippen molar-refractivity contribution in [2.75, 3.05) is 23.1 Å². The lowest BCUT2D eigenvalue weighted by atomic mass is 10.3. The number of hydrogen-bond donors (Lipinski definition) is 1. The Bertz CT molecular complexity index is 1160. The first-order chi connectivity index (χ1) is 15.4. The highest BCUT2D eigenvalue weighted by atomic mass is 32.2. The quantitative estimate of drug-likeness (QED) is 0.209. The molecule has 0 fully saturated rings. The van der Waals surface area contributed by atoms with Gasteiger partial charge in [-0.05, 0) is 36.4 Å². The summed E-state index contributed by atoms with van der Waals surface area (Å²) < 4.78 is 27.4. The molecule has 1 amide bonds. The van der Waals surface area contributed by atoms with E-state index in [4.69, 9.17) is 0 Å². The minimum atomic E-state index is -4.06. The van der Waals surface area contributed by atoms with Crippen LogP contribution in [0.5, 0.6) is 0 Å². The summed E-state index contributed by atoms with van der Waals surface area (Å²) in [6.45, 7) is -0.0943. The van der Waals surface area contributed by atoms with Gasteiger partial charge < -0.3 is 5.32 Å². The number of hydrogen-bond acceptors (Lipinski definition) is 6. The summed E-state index contributed by atoms with van der Waals surface area (Å²) in [5, 5.41) is 13.7. The average Bonchev–Trinajstić information content (AvgIpc) is 2.81. The zero-order valence-electron chi connectivity index (χ0n) is 17.0. The second kappa shape index (κ2) is 10.8. The smallest absolute Gasteiger partial charge is 0.269 e. The Kier molecular flexibility index (Phi) is 7.85. The number of non-ortho nitro benzene ring substituents is 1. The van der Waals surface area contributed by atoms with E-state index in [9.17, 15) is 23.3 Å². The second-order valence-electron chi connectivity index (χ2n) is 6.61. The van der Waals surface area contributed by atoms with Crippen LogP contribution >= 0.6 is 11.8 Å². The van der Waals surface area contributed by atoms with Crippen molar-refractivity contribution in [3.05, 3.63) is 95.0 Å². The molecule has 0 heterocycles. The standard InChI is InChI=1S/C22H21N3O5S2/c26-22(23-15-16-31-20-7-3-1-4-8-20)17-24(18-11-13-19(14-12-18)25(27)28)32(29,30)21-9-5-2-6-10-21/h1-14H,15-17H2,(H,23,26). The van der Waals surface area contributed by atoms with Crippen LogP contribution in [0.1, 0.15) is 0 Å². The number of amides is 1. The molecule has 166 valence electrons. The van der Waals surface area contributed by atoms with Crippen molar-refractivity contribution < 1.29 is 18.1 Å². The molecule has 0 aliphatic heterocycles. The first-order valence-electron chi connectivity index (χ1n) is 9.65. The molecule has 10 heteroatoms. The number of sulfonamides is 1. The van der Waals surface area contributed by atoms with Gasteiger partial charge in [0, 0.05) is 29.3 Å². The highest BCUT2D eigenvalue weighted by molar-refractivity contribution is 7.99. The van der Waals surface area contributed by atoms with Gasteiger partial charge in [0.15, 0.2) is 0 Å². The summed E-state index contributed by atoms with van der Waals surface area (Å²) in [5.74, 6) is 0.148. The molecule has 1 N–H and O–H groups in total. The number of thioether (sulfide) groups is 1. The maximum atomic E-state index is 13.2. The lowest BCUT2D eigenvalue weighted by Gasteiger charge is -2.24. The van der Waals surface area contributed by atoms with E-state index in [1.165, 1.54) is 36.4 Å². The van der Waals surface area contributed by atoms with Gasteiger partial charge in [-0.2, -0.15) is 0 Å². The Hall–Kier alpha value is -3.37. The summed E-state index contributed by atoms with van der Waals surface area (Å²) >= 11 is 1.57. The molecule has 0 saturated heterocycles. The number of nitro benzene ring substituents is 1. The van der Waals surface area contributed by atoms with Gasteiger partial charge in [-0.1, -0.05) is 36.4 Å². The molecule has 0 bridgehead atoms. The Morgan fingerprint density at radius 2 is 1.53 bits per heavy atom. The van der Waals surface area contributed by atoms with Crippen molar-refractivity contribution in [3.63, 3.8) is 0 Å². The van der Waals surface area contributed by atoms with Crippen LogP contribution in [0.3, 0.4) is 0 Å². The molecule has 0 atom stereocenters. The fourth-order valence-electron chi connectivity index (χ4n) is 2.84. The Morgan fingerprint density at radius 3 is 2.12 bits per heavy atom. The summed E-state index contributed by atoms with van der Waals surface area (Å²) in [4.78, 5) is 24.0. The first kappa shape index (κ1) is 23.3. The van der Waals surface area contributed by atoms with Gasteiger partial charge >= 0.3 is 0 Å². The Morgan fingerprint density at radius 1 is 0.938 bits per heavy atom. The normalized spacial score (nSPS) is 11.0. The zero-order chi connectivity index (χ0) is 23.0. The second-order valence-corrected chi connectivity index (χ2v) is 9.64. The predicted octanol–water partition coefficient (Wildman–Crippen LogP) is 3.70. The van der Waals surface area contributed by atoms with Crippen molar-refractivity contribution >= 4 is 39.1 Å². The Labute approximate surface area is 190 Å². The van der Waals surface area contributed by atoms with Crippen molar-refractivity contribution in [3.8, 4) is 0 Å². The van der Waals surface area contributed by atoms with Crippen molar-refractivity contribution in [1.29, 1.82) is 0 Å². The number of rotatable bonds is 10. The number of carbonyl (C=O) groups is 1. The molecule has 8 nitrogen and oxygen atoms in total. The van der Waals surface area contributed by atoms with Crippen LogP contribution in [0.25, 0.3) is 0 Å². The summed E-state index contributed by atoms with van der Waals surface area (Å²) in [5.41, 5.74) is -0.0125. The minimum Gasteiger partial charge on any atom is -0.354 e.